The molecule has 0 bridgehead atoms. The summed E-state index contributed by atoms with van der Waals surface area (Å²) in [6.45, 7) is 4.37. The maximum atomic E-state index is 12.3. The Morgan fingerprint density at radius 2 is 2.17 bits per heavy atom. The number of nitrogens with one attached hydrogen (secondary N) is 1. The van der Waals surface area contributed by atoms with Crippen molar-refractivity contribution >= 4 is 23.2 Å². The summed E-state index contributed by atoms with van der Waals surface area (Å²) in [4.78, 5) is 25.3. The van der Waals surface area contributed by atoms with Gasteiger partial charge in [-0.1, -0.05) is 12.1 Å². The van der Waals surface area contributed by atoms with E-state index >= 15 is 0 Å². The quantitative estimate of drug-likeness (QED) is 0.872. The van der Waals surface area contributed by atoms with Gasteiger partial charge in [-0.25, -0.2) is 0 Å². The zero-order valence-corrected chi connectivity index (χ0v) is 13.9. The summed E-state index contributed by atoms with van der Waals surface area (Å²) < 4.78 is 11.1. The zero-order chi connectivity index (χ0) is 16.8. The zero-order valence-electron chi connectivity index (χ0n) is 13.9. The highest BCUT2D eigenvalue weighted by Gasteiger charge is 2.21. The Morgan fingerprint density at radius 1 is 1.43 bits per heavy atom. The highest BCUT2D eigenvalue weighted by Crippen LogP contribution is 2.25. The molecule has 1 aliphatic heterocycles. The molecular weight excluding hydrogens is 296 g/mol. The molecule has 0 saturated carbocycles. The Balaban J connectivity index is 1.95. The van der Waals surface area contributed by atoms with Gasteiger partial charge in [-0.2, -0.15) is 0 Å². The van der Waals surface area contributed by atoms with Crippen molar-refractivity contribution in [1.82, 2.24) is 0 Å². The van der Waals surface area contributed by atoms with Gasteiger partial charge < -0.3 is 19.7 Å². The van der Waals surface area contributed by atoms with Gasteiger partial charge in [-0.15, -0.1) is 0 Å². The number of rotatable bonds is 6. The van der Waals surface area contributed by atoms with Gasteiger partial charge in [-0.3, -0.25) is 9.59 Å². The van der Waals surface area contributed by atoms with Crippen LogP contribution in [0.1, 0.15) is 26.7 Å². The van der Waals surface area contributed by atoms with Crippen LogP contribution >= 0.6 is 0 Å². The molecule has 1 N–H and O–H groups in total. The standard InChI is InChI=1S/C17H24N2O4/c1-12(23-11-14-7-6-10-22-14)17(21)18-15-8-4-5-9-16(15)19(3)13(2)20/h4-5,8-9,12,14H,6-7,10-11H2,1-3H3,(H,18,21)/t12-,14+/m0/s1. The molecule has 6 heteroatoms. The van der Waals surface area contributed by atoms with E-state index in [0.29, 0.717) is 18.0 Å². The summed E-state index contributed by atoms with van der Waals surface area (Å²) in [5, 5.41) is 2.82. The number of ether oxygens (including phenoxy) is 2. The van der Waals surface area contributed by atoms with E-state index in [0.717, 1.165) is 19.4 Å². The summed E-state index contributed by atoms with van der Waals surface area (Å²) in [5.41, 5.74) is 1.24. The molecule has 23 heavy (non-hydrogen) atoms. The monoisotopic (exact) mass is 320 g/mol. The predicted molar refractivity (Wildman–Crippen MR) is 88.5 cm³/mol. The van der Waals surface area contributed by atoms with Crippen molar-refractivity contribution in [3.8, 4) is 0 Å². The van der Waals surface area contributed by atoms with Crippen LogP contribution in [0.15, 0.2) is 24.3 Å². The van der Waals surface area contributed by atoms with Crippen LogP contribution in [0.4, 0.5) is 11.4 Å². The third kappa shape index (κ3) is 4.77. The van der Waals surface area contributed by atoms with Gasteiger partial charge in [0.2, 0.25) is 5.91 Å². The van der Waals surface area contributed by atoms with Crippen LogP contribution in [0.2, 0.25) is 0 Å². The van der Waals surface area contributed by atoms with Crippen LogP contribution in [0.5, 0.6) is 0 Å². The van der Waals surface area contributed by atoms with E-state index in [1.807, 2.05) is 12.1 Å². The van der Waals surface area contributed by atoms with Gasteiger partial charge >= 0.3 is 0 Å². The molecule has 1 aromatic rings. The van der Waals surface area contributed by atoms with Crippen molar-refractivity contribution in [3.63, 3.8) is 0 Å². The molecule has 2 atom stereocenters. The maximum absolute atomic E-state index is 12.3. The fraction of sp³-hybridized carbons (Fsp3) is 0.529. The van der Waals surface area contributed by atoms with Gasteiger partial charge in [0.15, 0.2) is 0 Å². The third-order valence-electron chi connectivity index (χ3n) is 3.92. The van der Waals surface area contributed by atoms with Crippen molar-refractivity contribution in [2.45, 2.75) is 38.9 Å². The molecule has 6 nitrogen and oxygen atoms in total. The molecule has 0 unspecified atom stereocenters. The number of hydrogen-bond acceptors (Lipinski definition) is 4. The molecule has 0 spiro atoms. The molecular formula is C17H24N2O4. The first-order valence-electron chi connectivity index (χ1n) is 7.86. The number of benzene rings is 1. The fourth-order valence-electron chi connectivity index (χ4n) is 2.38. The van der Waals surface area contributed by atoms with Gasteiger partial charge in [0.25, 0.3) is 5.91 Å². The summed E-state index contributed by atoms with van der Waals surface area (Å²) >= 11 is 0. The molecule has 1 fully saturated rings. The molecule has 2 rings (SSSR count). The summed E-state index contributed by atoms with van der Waals surface area (Å²) in [5.74, 6) is -0.346. The van der Waals surface area contributed by atoms with E-state index in [1.54, 1.807) is 26.1 Å². The lowest BCUT2D eigenvalue weighted by atomic mass is 10.2. The van der Waals surface area contributed by atoms with Crippen LogP contribution in [0, 0.1) is 0 Å². The number of amides is 2. The van der Waals surface area contributed by atoms with E-state index < -0.39 is 6.10 Å². The fourth-order valence-corrected chi connectivity index (χ4v) is 2.38. The van der Waals surface area contributed by atoms with Gasteiger partial charge in [0.1, 0.15) is 6.10 Å². The third-order valence-corrected chi connectivity index (χ3v) is 3.92. The number of carbonyl (C=O) groups excluding carboxylic acids is 2. The average Bonchev–Trinajstić information content (AvgIpc) is 3.05. The number of hydrogen-bond donors (Lipinski definition) is 1. The number of anilines is 2. The number of nitrogens with zero attached hydrogens (tertiary/aromatic N) is 1. The largest absolute Gasteiger partial charge is 0.376 e. The summed E-state index contributed by atoms with van der Waals surface area (Å²) in [6.07, 6.45) is 1.51. The van der Waals surface area contributed by atoms with E-state index in [2.05, 4.69) is 5.32 Å². The van der Waals surface area contributed by atoms with Gasteiger partial charge in [0.05, 0.1) is 24.1 Å². The molecule has 0 aliphatic carbocycles. The number of para-hydroxylation sites is 2. The lowest BCUT2D eigenvalue weighted by Gasteiger charge is -2.21. The molecule has 126 valence electrons. The second-order valence-electron chi connectivity index (χ2n) is 5.70. The number of carbonyl (C=O) groups is 2. The van der Waals surface area contributed by atoms with E-state index in [1.165, 1.54) is 11.8 Å². The lowest BCUT2D eigenvalue weighted by molar-refractivity contribution is -0.128. The van der Waals surface area contributed by atoms with E-state index in [9.17, 15) is 9.59 Å². The van der Waals surface area contributed by atoms with Crippen molar-refractivity contribution < 1.29 is 19.1 Å². The van der Waals surface area contributed by atoms with Crippen molar-refractivity contribution in [2.24, 2.45) is 0 Å². The van der Waals surface area contributed by atoms with Gasteiger partial charge in [-0.05, 0) is 31.9 Å². The van der Waals surface area contributed by atoms with Crippen molar-refractivity contribution in [3.05, 3.63) is 24.3 Å². The van der Waals surface area contributed by atoms with Crippen molar-refractivity contribution in [1.29, 1.82) is 0 Å². The van der Waals surface area contributed by atoms with Crippen LogP contribution in [-0.2, 0) is 19.1 Å². The van der Waals surface area contributed by atoms with Crippen LogP contribution in [0.25, 0.3) is 0 Å². The molecule has 1 saturated heterocycles. The molecule has 1 heterocycles. The Kier molecular flexibility index (Phi) is 6.12. The minimum atomic E-state index is -0.588. The van der Waals surface area contributed by atoms with Gasteiger partial charge in [0, 0.05) is 20.6 Å². The van der Waals surface area contributed by atoms with Crippen LogP contribution < -0.4 is 10.2 Å². The first-order chi connectivity index (χ1) is 11.0. The average molecular weight is 320 g/mol. The Labute approximate surface area is 136 Å². The highest BCUT2D eigenvalue weighted by atomic mass is 16.5. The second-order valence-corrected chi connectivity index (χ2v) is 5.70. The molecule has 0 radical (unpaired) electrons. The minimum Gasteiger partial charge on any atom is -0.376 e. The predicted octanol–water partition coefficient (Wildman–Crippen LogP) is 2.19. The Bertz CT molecular complexity index is 555. The van der Waals surface area contributed by atoms with E-state index in [-0.39, 0.29) is 17.9 Å². The molecule has 2 amide bonds. The second kappa shape index (κ2) is 8.08. The lowest BCUT2D eigenvalue weighted by Crippen LogP contribution is -2.31. The van der Waals surface area contributed by atoms with E-state index in [4.69, 9.17) is 9.47 Å². The molecule has 0 aromatic heterocycles. The summed E-state index contributed by atoms with van der Waals surface area (Å²) in [7, 11) is 1.67. The first kappa shape index (κ1) is 17.4. The minimum absolute atomic E-state index is 0.0846. The summed E-state index contributed by atoms with van der Waals surface area (Å²) in [6, 6.07) is 7.18. The van der Waals surface area contributed by atoms with Crippen LogP contribution in [0.3, 0.4) is 0 Å². The first-order valence-corrected chi connectivity index (χ1v) is 7.86. The molecule has 1 aromatic carbocycles. The Hall–Kier alpha value is -1.92. The normalized spacial score (nSPS) is 18.5. The molecule has 1 aliphatic rings. The smallest absolute Gasteiger partial charge is 0.253 e. The Morgan fingerprint density at radius 3 is 2.83 bits per heavy atom. The van der Waals surface area contributed by atoms with Crippen LogP contribution in [-0.4, -0.2) is 44.3 Å². The highest BCUT2D eigenvalue weighted by molar-refractivity contribution is 6.01. The van der Waals surface area contributed by atoms with Crippen molar-refractivity contribution in [2.75, 3.05) is 30.5 Å². The SMILES string of the molecule is CC(=O)N(C)c1ccccc1NC(=O)[C@H](C)OC[C@H]1CCCO1. The maximum Gasteiger partial charge on any atom is 0.253 e. The topological polar surface area (TPSA) is 67.9 Å².